The summed E-state index contributed by atoms with van der Waals surface area (Å²) in [5, 5.41) is 9.46. The van der Waals surface area contributed by atoms with Crippen molar-refractivity contribution in [2.24, 2.45) is 0 Å². The zero-order valence-electron chi connectivity index (χ0n) is 10.4. The summed E-state index contributed by atoms with van der Waals surface area (Å²) in [5.41, 5.74) is -0.113. The first-order valence-electron chi connectivity index (χ1n) is 5.79. The number of carbonyl (C=O) groups is 1. The minimum Gasteiger partial charge on any atom is -0.292 e. The second-order valence-electron chi connectivity index (χ2n) is 4.16. The van der Waals surface area contributed by atoms with Gasteiger partial charge < -0.3 is 0 Å². The van der Waals surface area contributed by atoms with E-state index in [0.717, 1.165) is 6.07 Å². The lowest BCUT2D eigenvalue weighted by Crippen LogP contribution is -2.14. The Morgan fingerprint density at radius 2 is 1.71 bits per heavy atom. The number of rotatable bonds is 3. The zero-order valence-corrected chi connectivity index (χ0v) is 12.7. The molecule has 0 saturated heterocycles. The molecule has 0 amide bonds. The van der Waals surface area contributed by atoms with E-state index >= 15 is 0 Å². The van der Waals surface area contributed by atoms with Gasteiger partial charge in [0.05, 0.1) is 16.1 Å². The Morgan fingerprint density at radius 1 is 1.10 bits per heavy atom. The Labute approximate surface area is 135 Å². The molecule has 0 aliphatic heterocycles. The molecule has 2 rings (SSSR count). The molecule has 1 atom stereocenters. The van der Waals surface area contributed by atoms with E-state index in [1.54, 1.807) is 6.07 Å². The van der Waals surface area contributed by atoms with E-state index in [0.29, 0.717) is 0 Å². The summed E-state index contributed by atoms with van der Waals surface area (Å²) < 4.78 is 13.9. The molecular formula is C15H7Cl3FNO. The molecule has 0 aliphatic carbocycles. The predicted molar refractivity (Wildman–Crippen MR) is 80.6 cm³/mol. The van der Waals surface area contributed by atoms with Gasteiger partial charge in [-0.05, 0) is 24.3 Å². The van der Waals surface area contributed by atoms with Crippen LogP contribution >= 0.6 is 34.8 Å². The lowest BCUT2D eigenvalue weighted by Gasteiger charge is -2.12. The second kappa shape index (κ2) is 6.44. The summed E-state index contributed by atoms with van der Waals surface area (Å²) in [7, 11) is 0. The molecule has 1 unspecified atom stereocenters. The first-order valence-corrected chi connectivity index (χ1v) is 6.92. The van der Waals surface area contributed by atoms with E-state index in [4.69, 9.17) is 34.8 Å². The molecule has 0 saturated carbocycles. The molecule has 2 nitrogen and oxygen atoms in total. The van der Waals surface area contributed by atoms with Crippen molar-refractivity contribution in [1.82, 2.24) is 0 Å². The highest BCUT2D eigenvalue weighted by atomic mass is 35.5. The highest BCUT2D eigenvalue weighted by Gasteiger charge is 2.28. The standard InChI is InChI=1S/C15H7Cl3FNO/c16-10-4-2-6-12(19)13(10)9(7-20)15(21)8-3-1-5-11(17)14(8)18/h1-6,9H. The van der Waals surface area contributed by atoms with Gasteiger partial charge in [0.2, 0.25) is 0 Å². The molecule has 0 bridgehead atoms. The van der Waals surface area contributed by atoms with Gasteiger partial charge in [0.15, 0.2) is 5.78 Å². The summed E-state index contributed by atoms with van der Waals surface area (Å²) in [6.45, 7) is 0. The highest BCUT2D eigenvalue weighted by Crippen LogP contribution is 2.33. The van der Waals surface area contributed by atoms with E-state index in [1.165, 1.54) is 30.3 Å². The lowest BCUT2D eigenvalue weighted by molar-refractivity contribution is 0.0977. The number of nitrogens with zero attached hydrogens (tertiary/aromatic N) is 1. The van der Waals surface area contributed by atoms with Crippen LogP contribution in [0.4, 0.5) is 4.39 Å². The van der Waals surface area contributed by atoms with Crippen molar-refractivity contribution in [2.45, 2.75) is 5.92 Å². The van der Waals surface area contributed by atoms with Crippen LogP contribution in [0.3, 0.4) is 0 Å². The maximum atomic E-state index is 13.9. The molecule has 0 heterocycles. The van der Waals surface area contributed by atoms with Crippen molar-refractivity contribution in [2.75, 3.05) is 0 Å². The molecule has 2 aromatic carbocycles. The van der Waals surface area contributed by atoms with Crippen molar-refractivity contribution in [1.29, 1.82) is 5.26 Å². The molecule has 2 aromatic rings. The number of benzene rings is 2. The lowest BCUT2D eigenvalue weighted by atomic mass is 9.91. The number of ketones is 1. The third kappa shape index (κ3) is 3.03. The first-order chi connectivity index (χ1) is 9.97. The van der Waals surface area contributed by atoms with Crippen LogP contribution < -0.4 is 0 Å². The van der Waals surface area contributed by atoms with Gasteiger partial charge >= 0.3 is 0 Å². The number of hydrogen-bond donors (Lipinski definition) is 0. The van der Waals surface area contributed by atoms with Crippen molar-refractivity contribution < 1.29 is 9.18 Å². The van der Waals surface area contributed by atoms with Crippen LogP contribution in [-0.2, 0) is 0 Å². The number of hydrogen-bond acceptors (Lipinski definition) is 2. The SMILES string of the molecule is N#CC(C(=O)c1cccc(Cl)c1Cl)c1c(F)cccc1Cl. The zero-order chi connectivity index (χ0) is 15.6. The third-order valence-electron chi connectivity index (χ3n) is 2.90. The Kier molecular flexibility index (Phi) is 4.84. The number of nitriles is 1. The summed E-state index contributed by atoms with van der Waals surface area (Å²) >= 11 is 17.7. The Bertz CT molecular complexity index is 735. The van der Waals surface area contributed by atoms with E-state index < -0.39 is 17.5 Å². The van der Waals surface area contributed by atoms with Gasteiger partial charge in [-0.3, -0.25) is 4.79 Å². The number of Topliss-reactive ketones (excluding diaryl/α,β-unsaturated/α-hetero) is 1. The second-order valence-corrected chi connectivity index (χ2v) is 5.36. The maximum Gasteiger partial charge on any atom is 0.186 e. The fourth-order valence-electron chi connectivity index (χ4n) is 1.89. The van der Waals surface area contributed by atoms with Crippen LogP contribution in [0.1, 0.15) is 21.8 Å². The minimum atomic E-state index is -1.39. The molecule has 0 fully saturated rings. The molecule has 0 aliphatic rings. The molecule has 0 N–H and O–H groups in total. The van der Waals surface area contributed by atoms with Crippen molar-refractivity contribution in [3.05, 3.63) is 68.4 Å². The Hall–Kier alpha value is -1.60. The van der Waals surface area contributed by atoms with Crippen LogP contribution in [0, 0.1) is 17.1 Å². The number of carbonyl (C=O) groups excluding carboxylic acids is 1. The van der Waals surface area contributed by atoms with E-state index in [9.17, 15) is 14.4 Å². The first kappa shape index (κ1) is 15.8. The summed E-state index contributed by atoms with van der Waals surface area (Å²) in [5.74, 6) is -2.77. The average Bonchev–Trinajstić information content (AvgIpc) is 2.45. The normalized spacial score (nSPS) is 11.8. The van der Waals surface area contributed by atoms with E-state index in [-0.39, 0.29) is 26.2 Å². The van der Waals surface area contributed by atoms with Gasteiger partial charge in [-0.15, -0.1) is 0 Å². The quantitative estimate of drug-likeness (QED) is 0.712. The van der Waals surface area contributed by atoms with Crippen molar-refractivity contribution >= 4 is 40.6 Å². The fourth-order valence-corrected chi connectivity index (χ4v) is 2.56. The highest BCUT2D eigenvalue weighted by molar-refractivity contribution is 6.44. The van der Waals surface area contributed by atoms with Crippen LogP contribution in [0.25, 0.3) is 0 Å². The molecule has 0 radical (unpaired) electrons. The van der Waals surface area contributed by atoms with E-state index in [1.807, 2.05) is 0 Å². The van der Waals surface area contributed by atoms with Gasteiger partial charge in [0.1, 0.15) is 11.7 Å². The van der Waals surface area contributed by atoms with Crippen molar-refractivity contribution in [3.63, 3.8) is 0 Å². The minimum absolute atomic E-state index is 0.00745. The van der Waals surface area contributed by atoms with Crippen LogP contribution in [0.2, 0.25) is 15.1 Å². The number of halogens is 4. The Balaban J connectivity index is 2.55. The van der Waals surface area contributed by atoms with Gasteiger partial charge in [-0.1, -0.05) is 46.9 Å². The van der Waals surface area contributed by atoms with Crippen LogP contribution in [-0.4, -0.2) is 5.78 Å². The van der Waals surface area contributed by atoms with E-state index in [2.05, 4.69) is 0 Å². The van der Waals surface area contributed by atoms with Crippen LogP contribution in [0.5, 0.6) is 0 Å². The fraction of sp³-hybridized carbons (Fsp3) is 0.0667. The van der Waals surface area contributed by atoms with Gasteiger partial charge in [-0.25, -0.2) is 4.39 Å². The monoisotopic (exact) mass is 341 g/mol. The third-order valence-corrected chi connectivity index (χ3v) is 4.05. The molecule has 106 valence electrons. The topological polar surface area (TPSA) is 40.9 Å². The summed E-state index contributed by atoms with van der Waals surface area (Å²) in [4.78, 5) is 12.5. The van der Waals surface area contributed by atoms with Gasteiger partial charge in [0.25, 0.3) is 0 Å². The molecular weight excluding hydrogens is 336 g/mol. The maximum absolute atomic E-state index is 13.9. The van der Waals surface area contributed by atoms with Crippen molar-refractivity contribution in [3.8, 4) is 6.07 Å². The molecule has 0 aromatic heterocycles. The predicted octanol–water partition coefficient (Wildman–Crippen LogP) is 5.28. The van der Waals surface area contributed by atoms with Gasteiger partial charge in [0, 0.05) is 16.1 Å². The molecule has 0 spiro atoms. The Morgan fingerprint density at radius 3 is 2.33 bits per heavy atom. The molecule has 6 heteroatoms. The smallest absolute Gasteiger partial charge is 0.186 e. The molecule has 21 heavy (non-hydrogen) atoms. The van der Waals surface area contributed by atoms with Crippen LogP contribution in [0.15, 0.2) is 36.4 Å². The largest absolute Gasteiger partial charge is 0.292 e. The average molecular weight is 343 g/mol. The summed E-state index contributed by atoms with van der Waals surface area (Å²) in [6, 6.07) is 10.2. The van der Waals surface area contributed by atoms with Gasteiger partial charge in [-0.2, -0.15) is 5.26 Å². The summed E-state index contributed by atoms with van der Waals surface area (Å²) in [6.07, 6.45) is 0.